The Hall–Kier alpha value is -4.92. The summed E-state index contributed by atoms with van der Waals surface area (Å²) >= 11 is 0. The number of pyridine rings is 2. The molecule has 2 saturated heterocycles. The van der Waals surface area contributed by atoms with E-state index in [1.807, 2.05) is 42.5 Å². The lowest BCUT2D eigenvalue weighted by atomic mass is 9.77. The summed E-state index contributed by atoms with van der Waals surface area (Å²) in [4.78, 5) is 33.5. The van der Waals surface area contributed by atoms with Gasteiger partial charge in [-0.05, 0) is 45.9 Å². The standard InChI is InChI=1S/C29H30N8O4/c1-28(2,3)41-27(40)36-16-29(4,26(38)39)25-22(36)15-35(25)23-7-6-17(10-31-23)21-8-18(20-12-32-34(5)13-20)14-37-24(21)19(9-30)11-33-37/h6-8,10-14,22,25H,15-16H2,1-5H3,(H,38,39)/t22-,25+,29?/m0/s1. The highest BCUT2D eigenvalue weighted by molar-refractivity contribution is 5.88. The number of carbonyl (C=O) groups excluding carboxylic acids is 1. The minimum atomic E-state index is -1.19. The van der Waals surface area contributed by atoms with Crippen molar-refractivity contribution in [2.24, 2.45) is 12.5 Å². The van der Waals surface area contributed by atoms with Crippen molar-refractivity contribution in [2.45, 2.75) is 45.4 Å². The van der Waals surface area contributed by atoms with E-state index >= 15 is 0 Å². The van der Waals surface area contributed by atoms with Crippen molar-refractivity contribution in [3.8, 4) is 28.3 Å². The number of aliphatic carboxylic acids is 1. The molecule has 12 heteroatoms. The van der Waals surface area contributed by atoms with Gasteiger partial charge in [0.05, 0.1) is 35.6 Å². The fourth-order valence-corrected chi connectivity index (χ4v) is 5.90. The Kier molecular flexibility index (Phi) is 5.81. The molecule has 1 unspecified atom stereocenters. The fraction of sp³-hybridized carbons (Fsp3) is 0.379. The van der Waals surface area contributed by atoms with Crippen LogP contribution < -0.4 is 4.90 Å². The number of nitriles is 1. The number of aryl methyl sites for hydroxylation is 1. The predicted molar refractivity (Wildman–Crippen MR) is 149 cm³/mol. The van der Waals surface area contributed by atoms with Crippen molar-refractivity contribution in [1.82, 2.24) is 29.3 Å². The zero-order valence-electron chi connectivity index (χ0n) is 23.4. The number of carboxylic acid groups (broad SMARTS) is 1. The second kappa shape index (κ2) is 9.05. The van der Waals surface area contributed by atoms with Crippen LogP contribution in [0.3, 0.4) is 0 Å². The minimum Gasteiger partial charge on any atom is -0.481 e. The second-order valence-corrected chi connectivity index (χ2v) is 11.9. The number of anilines is 1. The van der Waals surface area contributed by atoms with Gasteiger partial charge < -0.3 is 19.6 Å². The lowest BCUT2D eigenvalue weighted by Gasteiger charge is -2.50. The van der Waals surface area contributed by atoms with Gasteiger partial charge in [0, 0.05) is 61.0 Å². The average molecular weight is 555 g/mol. The van der Waals surface area contributed by atoms with Crippen molar-refractivity contribution < 1.29 is 19.4 Å². The first-order valence-corrected chi connectivity index (χ1v) is 13.3. The summed E-state index contributed by atoms with van der Waals surface area (Å²) in [6.45, 7) is 7.53. The Morgan fingerprint density at radius 1 is 1.12 bits per heavy atom. The number of nitrogens with zero attached hydrogens (tertiary/aromatic N) is 8. The number of amides is 1. The first kappa shape index (κ1) is 26.3. The topological polar surface area (TPSA) is 142 Å². The smallest absolute Gasteiger partial charge is 0.410 e. The molecule has 210 valence electrons. The molecular formula is C29H30N8O4. The Morgan fingerprint density at radius 3 is 2.51 bits per heavy atom. The van der Waals surface area contributed by atoms with Crippen LogP contribution >= 0.6 is 0 Å². The number of fused-ring (bicyclic) bond motifs is 2. The molecule has 12 nitrogen and oxygen atoms in total. The highest BCUT2D eigenvalue weighted by Crippen LogP contribution is 2.47. The Labute approximate surface area is 236 Å². The van der Waals surface area contributed by atoms with Gasteiger partial charge in [-0.3, -0.25) is 9.48 Å². The molecule has 4 aromatic heterocycles. The van der Waals surface area contributed by atoms with E-state index in [1.165, 1.54) is 6.20 Å². The van der Waals surface area contributed by atoms with E-state index in [1.54, 1.807) is 54.2 Å². The van der Waals surface area contributed by atoms with E-state index < -0.39 is 29.1 Å². The van der Waals surface area contributed by atoms with Crippen LogP contribution in [0.4, 0.5) is 10.6 Å². The van der Waals surface area contributed by atoms with E-state index in [2.05, 4.69) is 16.3 Å². The van der Waals surface area contributed by atoms with Crippen LogP contribution in [0.1, 0.15) is 33.3 Å². The second-order valence-electron chi connectivity index (χ2n) is 11.9. The molecule has 0 spiro atoms. The highest BCUT2D eigenvalue weighted by Gasteiger charge is 2.64. The number of rotatable bonds is 4. The summed E-state index contributed by atoms with van der Waals surface area (Å²) in [5, 5.41) is 28.6. The van der Waals surface area contributed by atoms with E-state index in [0.717, 1.165) is 22.3 Å². The van der Waals surface area contributed by atoms with Crippen LogP contribution in [0, 0.1) is 16.7 Å². The number of likely N-dealkylation sites (tertiary alicyclic amines) is 1. The van der Waals surface area contributed by atoms with Gasteiger partial charge in [-0.1, -0.05) is 0 Å². The molecule has 6 heterocycles. The summed E-state index contributed by atoms with van der Waals surface area (Å²) in [5.74, 6) is -0.360. The van der Waals surface area contributed by atoms with Crippen molar-refractivity contribution >= 4 is 23.4 Å². The predicted octanol–water partition coefficient (Wildman–Crippen LogP) is 3.57. The molecule has 0 aromatic carbocycles. The average Bonchev–Trinajstić information content (AvgIpc) is 3.57. The molecule has 0 aliphatic carbocycles. The Balaban J connectivity index is 1.34. The molecule has 0 radical (unpaired) electrons. The van der Waals surface area contributed by atoms with Crippen LogP contribution in [-0.4, -0.2) is 77.2 Å². The van der Waals surface area contributed by atoms with Crippen molar-refractivity contribution in [1.29, 1.82) is 5.26 Å². The molecule has 3 atom stereocenters. The number of ether oxygens (including phenoxy) is 1. The first-order valence-electron chi connectivity index (χ1n) is 13.3. The van der Waals surface area contributed by atoms with Gasteiger partial charge in [-0.15, -0.1) is 0 Å². The summed E-state index contributed by atoms with van der Waals surface area (Å²) < 4.78 is 8.97. The van der Waals surface area contributed by atoms with Crippen molar-refractivity contribution in [2.75, 3.05) is 18.0 Å². The summed E-state index contributed by atoms with van der Waals surface area (Å²) in [7, 11) is 1.85. The van der Waals surface area contributed by atoms with Crippen LogP contribution in [0.15, 0.2) is 49.2 Å². The molecule has 2 aliphatic rings. The summed E-state index contributed by atoms with van der Waals surface area (Å²) in [6, 6.07) is 7.21. The molecule has 41 heavy (non-hydrogen) atoms. The lowest BCUT2D eigenvalue weighted by molar-refractivity contribution is -0.148. The van der Waals surface area contributed by atoms with Gasteiger partial charge in [0.1, 0.15) is 22.9 Å². The molecule has 4 aromatic rings. The van der Waals surface area contributed by atoms with Crippen molar-refractivity contribution in [3.05, 3.63) is 54.7 Å². The molecular weight excluding hydrogens is 524 g/mol. The molecule has 1 N–H and O–H groups in total. The summed E-state index contributed by atoms with van der Waals surface area (Å²) in [5.41, 5.74) is 2.59. The molecule has 2 fully saturated rings. The minimum absolute atomic E-state index is 0.0540. The third kappa shape index (κ3) is 4.25. The number of hydrogen-bond acceptors (Lipinski definition) is 8. The number of carboxylic acids is 1. The Morgan fingerprint density at radius 2 is 1.90 bits per heavy atom. The van der Waals surface area contributed by atoms with Crippen molar-refractivity contribution in [3.63, 3.8) is 0 Å². The maximum absolute atomic E-state index is 12.9. The third-order valence-corrected chi connectivity index (χ3v) is 7.88. The van der Waals surface area contributed by atoms with Crippen LogP contribution in [0.2, 0.25) is 0 Å². The molecule has 6 rings (SSSR count). The largest absolute Gasteiger partial charge is 0.481 e. The fourth-order valence-electron chi connectivity index (χ4n) is 5.90. The monoisotopic (exact) mass is 554 g/mol. The van der Waals surface area contributed by atoms with Gasteiger partial charge in [0.25, 0.3) is 0 Å². The number of aromatic nitrogens is 5. The first-order chi connectivity index (χ1) is 19.4. The highest BCUT2D eigenvalue weighted by atomic mass is 16.6. The van der Waals surface area contributed by atoms with Gasteiger partial charge >= 0.3 is 12.1 Å². The van der Waals surface area contributed by atoms with Gasteiger partial charge in [0.15, 0.2) is 0 Å². The zero-order valence-corrected chi connectivity index (χ0v) is 23.4. The SMILES string of the molecule is Cn1cc(-c2cc(-c3ccc(N4C[C@H]5[C@@H]4C(C)(C(=O)O)CN5C(=O)OC(C)(C)C)nc3)c3c(C#N)cnn3c2)cn1. The molecule has 0 bridgehead atoms. The van der Waals surface area contributed by atoms with Gasteiger partial charge in [-0.25, -0.2) is 14.3 Å². The van der Waals surface area contributed by atoms with E-state index in [9.17, 15) is 20.0 Å². The van der Waals surface area contributed by atoms with E-state index in [0.29, 0.717) is 23.4 Å². The van der Waals surface area contributed by atoms with E-state index in [-0.39, 0.29) is 12.6 Å². The number of hydrogen-bond donors (Lipinski definition) is 1. The van der Waals surface area contributed by atoms with Crippen LogP contribution in [0.25, 0.3) is 27.8 Å². The maximum atomic E-state index is 12.9. The zero-order chi connectivity index (χ0) is 29.3. The van der Waals surface area contributed by atoms with Crippen LogP contribution in [-0.2, 0) is 16.6 Å². The molecule has 2 aliphatic heterocycles. The van der Waals surface area contributed by atoms with Gasteiger partial charge in [-0.2, -0.15) is 15.5 Å². The number of carbonyl (C=O) groups is 2. The molecule has 0 saturated carbocycles. The third-order valence-electron chi connectivity index (χ3n) is 7.88. The summed E-state index contributed by atoms with van der Waals surface area (Å²) in [6.07, 6.45) is 8.29. The normalized spacial score (nSPS) is 21.9. The Bertz CT molecular complexity index is 1730. The maximum Gasteiger partial charge on any atom is 0.410 e. The lowest BCUT2D eigenvalue weighted by Crippen LogP contribution is -2.67. The van der Waals surface area contributed by atoms with Crippen LogP contribution in [0.5, 0.6) is 0 Å². The molecule has 1 amide bonds. The van der Waals surface area contributed by atoms with E-state index in [4.69, 9.17) is 9.72 Å². The van der Waals surface area contributed by atoms with Gasteiger partial charge in [0.2, 0.25) is 0 Å². The quantitative estimate of drug-likeness (QED) is 0.401.